The predicted octanol–water partition coefficient (Wildman–Crippen LogP) is 4.59. The Morgan fingerprint density at radius 1 is 0.806 bits per heavy atom. The number of carbonyl (C=O) groups is 2. The molecule has 0 bridgehead atoms. The first-order chi connectivity index (χ1) is 17.7. The molecule has 0 fully saturated rings. The maximum Gasteiger partial charge on any atom is 0.273 e. The smallest absolute Gasteiger partial charge is 0.273 e. The standard InChI is InChI=1S/C28H23N5O3/c34-25(16-17-26-29-18-24(36-26)20-10-4-1-5-11-20)30-31-28(35)23-19-33(22-14-8-3-9-15-22)32-27(23)21-12-6-2-7-13-21/h1-15,18-19H,16-17H2,(H,30,34)(H,31,35). The van der Waals surface area contributed by atoms with E-state index in [2.05, 4.69) is 20.9 Å². The van der Waals surface area contributed by atoms with E-state index in [1.807, 2.05) is 91.0 Å². The van der Waals surface area contributed by atoms with Crippen LogP contribution in [0.1, 0.15) is 22.7 Å². The predicted molar refractivity (Wildman–Crippen MR) is 135 cm³/mol. The first-order valence-electron chi connectivity index (χ1n) is 11.5. The van der Waals surface area contributed by atoms with E-state index in [9.17, 15) is 9.59 Å². The van der Waals surface area contributed by atoms with Crippen molar-refractivity contribution in [1.82, 2.24) is 25.6 Å². The minimum Gasteiger partial charge on any atom is -0.441 e. The van der Waals surface area contributed by atoms with Crippen molar-refractivity contribution in [2.24, 2.45) is 0 Å². The van der Waals surface area contributed by atoms with Crippen molar-refractivity contribution in [1.29, 1.82) is 0 Å². The number of nitrogens with zero attached hydrogens (tertiary/aromatic N) is 3. The molecular formula is C28H23N5O3. The third-order valence-corrected chi connectivity index (χ3v) is 5.52. The maximum absolute atomic E-state index is 13.0. The van der Waals surface area contributed by atoms with Crippen molar-refractivity contribution >= 4 is 11.8 Å². The lowest BCUT2D eigenvalue weighted by molar-refractivity contribution is -0.121. The number of carbonyl (C=O) groups excluding carboxylic acids is 2. The van der Waals surface area contributed by atoms with Gasteiger partial charge in [0.25, 0.3) is 5.91 Å². The van der Waals surface area contributed by atoms with Crippen LogP contribution < -0.4 is 10.9 Å². The molecule has 0 aliphatic rings. The summed E-state index contributed by atoms with van der Waals surface area (Å²) in [6.07, 6.45) is 3.69. The van der Waals surface area contributed by atoms with E-state index < -0.39 is 5.91 Å². The minimum absolute atomic E-state index is 0.101. The van der Waals surface area contributed by atoms with E-state index in [0.717, 1.165) is 16.8 Å². The van der Waals surface area contributed by atoms with Crippen LogP contribution in [0, 0.1) is 0 Å². The summed E-state index contributed by atoms with van der Waals surface area (Å²) in [7, 11) is 0. The molecule has 0 aliphatic heterocycles. The lowest BCUT2D eigenvalue weighted by atomic mass is 10.1. The SMILES string of the molecule is O=C(CCc1ncc(-c2ccccc2)o1)NNC(=O)c1cn(-c2ccccc2)nc1-c1ccccc1. The fraction of sp³-hybridized carbons (Fsp3) is 0.0714. The van der Waals surface area contributed by atoms with Gasteiger partial charge in [-0.3, -0.25) is 20.4 Å². The number of aryl methyl sites for hydroxylation is 1. The average Bonchev–Trinajstić information content (AvgIpc) is 3.60. The number of benzene rings is 3. The zero-order chi connectivity index (χ0) is 24.7. The fourth-order valence-corrected chi connectivity index (χ4v) is 3.70. The third kappa shape index (κ3) is 5.23. The number of hydrogen-bond acceptors (Lipinski definition) is 5. The quantitative estimate of drug-likeness (QED) is 0.334. The Morgan fingerprint density at radius 3 is 2.14 bits per heavy atom. The van der Waals surface area contributed by atoms with Gasteiger partial charge in [-0.25, -0.2) is 9.67 Å². The van der Waals surface area contributed by atoms with Crippen molar-refractivity contribution in [2.45, 2.75) is 12.8 Å². The molecule has 3 aromatic carbocycles. The molecular weight excluding hydrogens is 454 g/mol. The molecule has 0 unspecified atom stereocenters. The van der Waals surface area contributed by atoms with Crippen molar-refractivity contribution in [3.63, 3.8) is 0 Å². The number of para-hydroxylation sites is 1. The van der Waals surface area contributed by atoms with Gasteiger partial charge in [0.1, 0.15) is 5.69 Å². The van der Waals surface area contributed by atoms with E-state index >= 15 is 0 Å². The summed E-state index contributed by atoms with van der Waals surface area (Å²) >= 11 is 0. The fourth-order valence-electron chi connectivity index (χ4n) is 3.70. The van der Waals surface area contributed by atoms with Crippen molar-refractivity contribution < 1.29 is 14.0 Å². The van der Waals surface area contributed by atoms with Crippen LogP contribution in [0.4, 0.5) is 0 Å². The highest BCUT2D eigenvalue weighted by Crippen LogP contribution is 2.24. The van der Waals surface area contributed by atoms with Crippen LogP contribution in [0.15, 0.2) is 108 Å². The topological polar surface area (TPSA) is 102 Å². The zero-order valence-corrected chi connectivity index (χ0v) is 19.3. The summed E-state index contributed by atoms with van der Waals surface area (Å²) < 4.78 is 7.38. The Hall–Kier alpha value is -4.98. The molecule has 2 heterocycles. The normalized spacial score (nSPS) is 10.7. The van der Waals surface area contributed by atoms with E-state index in [4.69, 9.17) is 4.42 Å². The average molecular weight is 478 g/mol. The highest BCUT2D eigenvalue weighted by atomic mass is 16.4. The summed E-state index contributed by atoms with van der Waals surface area (Å²) in [6, 6.07) is 28.5. The molecule has 2 aromatic heterocycles. The van der Waals surface area contributed by atoms with Crippen LogP contribution in [0.2, 0.25) is 0 Å². The van der Waals surface area contributed by atoms with Gasteiger partial charge >= 0.3 is 0 Å². The van der Waals surface area contributed by atoms with Crippen LogP contribution in [-0.2, 0) is 11.2 Å². The number of amides is 2. The number of oxazole rings is 1. The van der Waals surface area contributed by atoms with Crippen molar-refractivity contribution in [3.8, 4) is 28.3 Å². The number of hydrogen-bond donors (Lipinski definition) is 2. The van der Waals surface area contributed by atoms with Crippen molar-refractivity contribution in [2.75, 3.05) is 0 Å². The summed E-state index contributed by atoms with van der Waals surface area (Å²) in [5.74, 6) is 0.264. The van der Waals surface area contributed by atoms with Gasteiger partial charge in [0, 0.05) is 30.2 Å². The Balaban J connectivity index is 1.24. The number of rotatable bonds is 7. The van der Waals surface area contributed by atoms with Crippen LogP contribution >= 0.6 is 0 Å². The largest absolute Gasteiger partial charge is 0.441 e. The van der Waals surface area contributed by atoms with E-state index in [-0.39, 0.29) is 12.3 Å². The lowest BCUT2D eigenvalue weighted by Crippen LogP contribution is -2.41. The molecule has 8 heteroatoms. The van der Waals surface area contributed by atoms with E-state index in [1.165, 1.54) is 0 Å². The molecule has 0 spiro atoms. The molecule has 36 heavy (non-hydrogen) atoms. The molecule has 5 rings (SSSR count). The monoisotopic (exact) mass is 477 g/mol. The van der Waals surface area contributed by atoms with Gasteiger partial charge in [-0.2, -0.15) is 5.10 Å². The number of nitrogens with one attached hydrogen (secondary N) is 2. The lowest BCUT2D eigenvalue weighted by Gasteiger charge is -2.07. The van der Waals surface area contributed by atoms with Crippen LogP contribution in [0.5, 0.6) is 0 Å². The Kier molecular flexibility index (Phi) is 6.66. The zero-order valence-electron chi connectivity index (χ0n) is 19.3. The van der Waals surface area contributed by atoms with Gasteiger partial charge < -0.3 is 4.42 Å². The van der Waals surface area contributed by atoms with Crippen LogP contribution in [0.3, 0.4) is 0 Å². The molecule has 0 saturated heterocycles. The number of aromatic nitrogens is 3. The molecule has 0 saturated carbocycles. The minimum atomic E-state index is -0.466. The first-order valence-corrected chi connectivity index (χ1v) is 11.5. The molecule has 2 amide bonds. The van der Waals surface area contributed by atoms with Crippen molar-refractivity contribution in [3.05, 3.63) is 115 Å². The summed E-state index contributed by atoms with van der Waals surface area (Å²) in [5.41, 5.74) is 8.35. The Bertz CT molecular complexity index is 1460. The molecule has 8 nitrogen and oxygen atoms in total. The maximum atomic E-state index is 13.0. The molecule has 2 N–H and O–H groups in total. The second-order valence-electron chi connectivity index (χ2n) is 8.02. The molecule has 0 radical (unpaired) electrons. The van der Waals surface area contributed by atoms with Gasteiger partial charge in [-0.1, -0.05) is 78.9 Å². The Morgan fingerprint density at radius 2 is 1.44 bits per heavy atom. The molecule has 178 valence electrons. The van der Waals surface area contributed by atoms with Gasteiger partial charge in [0.05, 0.1) is 17.4 Å². The highest BCUT2D eigenvalue weighted by molar-refractivity contribution is 6.00. The van der Waals surface area contributed by atoms with Gasteiger partial charge in [-0.05, 0) is 12.1 Å². The second-order valence-corrected chi connectivity index (χ2v) is 8.02. The van der Waals surface area contributed by atoms with Crippen LogP contribution in [-0.4, -0.2) is 26.6 Å². The summed E-state index contributed by atoms with van der Waals surface area (Å²) in [5, 5.41) is 4.62. The second kappa shape index (κ2) is 10.5. The first kappa shape index (κ1) is 22.8. The third-order valence-electron chi connectivity index (χ3n) is 5.52. The molecule has 0 aliphatic carbocycles. The molecule has 5 aromatic rings. The van der Waals surface area contributed by atoms with Crippen LogP contribution in [0.25, 0.3) is 28.3 Å². The number of hydrazine groups is 1. The Labute approximate surface area is 207 Å². The molecule has 0 atom stereocenters. The summed E-state index contributed by atoms with van der Waals surface area (Å²) in [4.78, 5) is 29.6. The van der Waals surface area contributed by atoms with E-state index in [0.29, 0.717) is 29.3 Å². The van der Waals surface area contributed by atoms with Gasteiger partial charge in [0.15, 0.2) is 11.7 Å². The van der Waals surface area contributed by atoms with E-state index in [1.54, 1.807) is 17.1 Å². The van der Waals surface area contributed by atoms with Gasteiger partial charge in [-0.15, -0.1) is 0 Å². The van der Waals surface area contributed by atoms with Gasteiger partial charge in [0.2, 0.25) is 5.91 Å². The summed E-state index contributed by atoms with van der Waals surface area (Å²) in [6.45, 7) is 0. The highest BCUT2D eigenvalue weighted by Gasteiger charge is 2.19.